The van der Waals surface area contributed by atoms with E-state index < -0.39 is 0 Å². The van der Waals surface area contributed by atoms with E-state index in [9.17, 15) is 4.79 Å². The summed E-state index contributed by atoms with van der Waals surface area (Å²) in [5, 5.41) is 3.00. The van der Waals surface area contributed by atoms with E-state index in [4.69, 9.17) is 9.47 Å². The Kier molecular flexibility index (Phi) is 5.63. The highest BCUT2D eigenvalue weighted by molar-refractivity contribution is 5.97. The van der Waals surface area contributed by atoms with Crippen molar-refractivity contribution >= 4 is 5.91 Å². The maximum Gasteiger partial charge on any atom is 0.255 e. The largest absolute Gasteiger partial charge is 0.497 e. The minimum absolute atomic E-state index is 0.0831. The van der Waals surface area contributed by atoms with Crippen LogP contribution < -0.4 is 14.8 Å². The van der Waals surface area contributed by atoms with Crippen LogP contribution in [0.4, 0.5) is 0 Å². The van der Waals surface area contributed by atoms with Gasteiger partial charge in [-0.3, -0.25) is 4.79 Å². The number of aryl methyl sites for hydroxylation is 1. The van der Waals surface area contributed by atoms with Crippen LogP contribution in [0, 0.1) is 0 Å². The SMILES string of the molecule is CCc1ccc(C(C)NC(=O)c2ccc(OC)cc2OC)cc1. The average molecular weight is 313 g/mol. The Bertz CT molecular complexity index is 665. The molecule has 122 valence electrons. The molecule has 0 aliphatic carbocycles. The molecule has 2 aromatic carbocycles. The van der Waals surface area contributed by atoms with E-state index in [0.717, 1.165) is 12.0 Å². The van der Waals surface area contributed by atoms with Crippen molar-refractivity contribution in [2.75, 3.05) is 14.2 Å². The van der Waals surface area contributed by atoms with Gasteiger partial charge in [0.15, 0.2) is 0 Å². The van der Waals surface area contributed by atoms with Crippen molar-refractivity contribution in [2.24, 2.45) is 0 Å². The lowest BCUT2D eigenvalue weighted by atomic mass is 10.0. The second kappa shape index (κ2) is 7.68. The topological polar surface area (TPSA) is 47.6 Å². The fraction of sp³-hybridized carbons (Fsp3) is 0.316. The molecule has 0 radical (unpaired) electrons. The van der Waals surface area contributed by atoms with Crippen LogP contribution in [0.3, 0.4) is 0 Å². The number of hydrogen-bond donors (Lipinski definition) is 1. The first-order chi connectivity index (χ1) is 11.1. The van der Waals surface area contributed by atoms with Gasteiger partial charge in [-0.25, -0.2) is 0 Å². The fourth-order valence-corrected chi connectivity index (χ4v) is 2.39. The summed E-state index contributed by atoms with van der Waals surface area (Å²) in [6.45, 7) is 4.09. The Morgan fingerprint density at radius 2 is 1.78 bits per heavy atom. The second-order valence-corrected chi connectivity index (χ2v) is 5.36. The van der Waals surface area contributed by atoms with Crippen LogP contribution in [0.2, 0.25) is 0 Å². The molecule has 0 aliphatic rings. The number of benzene rings is 2. The van der Waals surface area contributed by atoms with Gasteiger partial charge < -0.3 is 14.8 Å². The normalized spacial score (nSPS) is 11.7. The first-order valence-electron chi connectivity index (χ1n) is 7.70. The first kappa shape index (κ1) is 16.9. The lowest BCUT2D eigenvalue weighted by Gasteiger charge is -2.16. The molecule has 1 amide bonds. The smallest absolute Gasteiger partial charge is 0.255 e. The van der Waals surface area contributed by atoms with Gasteiger partial charge in [-0.1, -0.05) is 31.2 Å². The molecule has 0 aromatic heterocycles. The predicted octanol–water partition coefficient (Wildman–Crippen LogP) is 3.76. The van der Waals surface area contributed by atoms with Gasteiger partial charge in [-0.15, -0.1) is 0 Å². The summed E-state index contributed by atoms with van der Waals surface area (Å²) in [5.41, 5.74) is 2.84. The summed E-state index contributed by atoms with van der Waals surface area (Å²) < 4.78 is 10.4. The molecule has 2 rings (SSSR count). The van der Waals surface area contributed by atoms with Crippen LogP contribution in [0.1, 0.15) is 41.4 Å². The summed E-state index contributed by atoms with van der Waals surface area (Å²) in [4.78, 5) is 12.5. The Hall–Kier alpha value is -2.49. The highest BCUT2D eigenvalue weighted by Crippen LogP contribution is 2.25. The highest BCUT2D eigenvalue weighted by Gasteiger charge is 2.16. The van der Waals surface area contributed by atoms with Gasteiger partial charge in [-0.05, 0) is 36.6 Å². The number of rotatable bonds is 6. The molecular weight excluding hydrogens is 290 g/mol. The number of ether oxygens (including phenoxy) is 2. The van der Waals surface area contributed by atoms with Crippen molar-refractivity contribution in [2.45, 2.75) is 26.3 Å². The number of carbonyl (C=O) groups is 1. The van der Waals surface area contributed by atoms with E-state index in [2.05, 4.69) is 36.5 Å². The van der Waals surface area contributed by atoms with Crippen molar-refractivity contribution in [1.82, 2.24) is 5.32 Å². The van der Waals surface area contributed by atoms with Gasteiger partial charge in [0.05, 0.1) is 25.8 Å². The molecule has 4 nitrogen and oxygen atoms in total. The number of nitrogens with one attached hydrogen (secondary N) is 1. The van der Waals surface area contributed by atoms with Crippen LogP contribution in [0.5, 0.6) is 11.5 Å². The molecule has 0 heterocycles. The number of amides is 1. The molecule has 23 heavy (non-hydrogen) atoms. The molecule has 1 unspecified atom stereocenters. The van der Waals surface area contributed by atoms with Crippen molar-refractivity contribution in [3.05, 3.63) is 59.2 Å². The Balaban J connectivity index is 2.14. The van der Waals surface area contributed by atoms with Crippen LogP contribution in [0.15, 0.2) is 42.5 Å². The molecule has 0 fully saturated rings. The summed E-state index contributed by atoms with van der Waals surface area (Å²) >= 11 is 0. The van der Waals surface area contributed by atoms with Gasteiger partial charge in [0, 0.05) is 6.07 Å². The lowest BCUT2D eigenvalue weighted by Crippen LogP contribution is -2.27. The number of hydrogen-bond acceptors (Lipinski definition) is 3. The quantitative estimate of drug-likeness (QED) is 0.883. The van der Waals surface area contributed by atoms with E-state index in [1.54, 1.807) is 32.4 Å². The molecule has 0 saturated carbocycles. The van der Waals surface area contributed by atoms with E-state index in [1.165, 1.54) is 5.56 Å². The number of carbonyl (C=O) groups excluding carboxylic acids is 1. The maximum absolute atomic E-state index is 12.5. The van der Waals surface area contributed by atoms with Crippen LogP contribution in [-0.4, -0.2) is 20.1 Å². The summed E-state index contributed by atoms with van der Waals surface area (Å²) in [5.74, 6) is 0.980. The fourth-order valence-electron chi connectivity index (χ4n) is 2.39. The minimum atomic E-state index is -0.170. The second-order valence-electron chi connectivity index (χ2n) is 5.36. The zero-order chi connectivity index (χ0) is 16.8. The Labute approximate surface area is 137 Å². The van der Waals surface area contributed by atoms with Crippen molar-refractivity contribution < 1.29 is 14.3 Å². The van der Waals surface area contributed by atoms with Crippen LogP contribution in [-0.2, 0) is 6.42 Å². The molecule has 0 bridgehead atoms. The summed E-state index contributed by atoms with van der Waals surface area (Å²) in [6.07, 6.45) is 1.00. The van der Waals surface area contributed by atoms with E-state index in [1.807, 2.05) is 6.92 Å². The van der Waals surface area contributed by atoms with Gasteiger partial charge in [0.1, 0.15) is 11.5 Å². The molecule has 0 spiro atoms. The standard InChI is InChI=1S/C19H23NO3/c1-5-14-6-8-15(9-7-14)13(2)20-19(21)17-11-10-16(22-3)12-18(17)23-4/h6-13H,5H2,1-4H3,(H,20,21). The molecule has 0 aliphatic heterocycles. The van der Waals surface area contributed by atoms with E-state index >= 15 is 0 Å². The third-order valence-electron chi connectivity index (χ3n) is 3.89. The third kappa shape index (κ3) is 4.03. The predicted molar refractivity (Wildman–Crippen MR) is 91.2 cm³/mol. The van der Waals surface area contributed by atoms with Crippen LogP contribution in [0.25, 0.3) is 0 Å². The minimum Gasteiger partial charge on any atom is -0.497 e. The molecule has 1 atom stereocenters. The lowest BCUT2D eigenvalue weighted by molar-refractivity contribution is 0.0937. The van der Waals surface area contributed by atoms with E-state index in [0.29, 0.717) is 17.1 Å². The molecule has 0 saturated heterocycles. The zero-order valence-electron chi connectivity index (χ0n) is 14.1. The average Bonchev–Trinajstić information content (AvgIpc) is 2.60. The number of methoxy groups -OCH3 is 2. The van der Waals surface area contributed by atoms with Gasteiger partial charge in [-0.2, -0.15) is 0 Å². The van der Waals surface area contributed by atoms with Gasteiger partial charge in [0.25, 0.3) is 5.91 Å². The zero-order valence-corrected chi connectivity index (χ0v) is 14.1. The molecule has 4 heteroatoms. The van der Waals surface area contributed by atoms with Gasteiger partial charge >= 0.3 is 0 Å². The van der Waals surface area contributed by atoms with Crippen molar-refractivity contribution in [3.63, 3.8) is 0 Å². The monoisotopic (exact) mass is 313 g/mol. The Morgan fingerprint density at radius 1 is 1.09 bits per heavy atom. The van der Waals surface area contributed by atoms with Gasteiger partial charge in [0.2, 0.25) is 0 Å². The molecular formula is C19H23NO3. The maximum atomic E-state index is 12.5. The molecule has 2 aromatic rings. The summed E-state index contributed by atoms with van der Waals surface area (Å²) in [6, 6.07) is 13.4. The Morgan fingerprint density at radius 3 is 2.35 bits per heavy atom. The van der Waals surface area contributed by atoms with Crippen molar-refractivity contribution in [3.8, 4) is 11.5 Å². The van der Waals surface area contributed by atoms with Crippen molar-refractivity contribution in [1.29, 1.82) is 0 Å². The van der Waals surface area contributed by atoms with E-state index in [-0.39, 0.29) is 11.9 Å². The third-order valence-corrected chi connectivity index (χ3v) is 3.89. The highest BCUT2D eigenvalue weighted by atomic mass is 16.5. The summed E-state index contributed by atoms with van der Waals surface area (Å²) in [7, 11) is 3.12. The first-order valence-corrected chi connectivity index (χ1v) is 7.70. The molecule has 1 N–H and O–H groups in total. The van der Waals surface area contributed by atoms with Crippen LogP contribution >= 0.6 is 0 Å².